The van der Waals surface area contributed by atoms with E-state index in [1.807, 2.05) is 19.2 Å². The standard InChI is InChI=1S/C25H20F4N6O/c1-14-12-35(13-30-14)20-9-10-21(32-24(20)36-3)31-18-5-4-6-19-22(18)33-23(34(19)2)15-7-8-17(26)16(11-15)25(27,28)29/h4-13H,1-3H3,(H,31,32). The molecule has 0 unspecified atom stereocenters. The van der Waals surface area contributed by atoms with Gasteiger partial charge in [-0.05, 0) is 49.4 Å². The van der Waals surface area contributed by atoms with Crippen molar-refractivity contribution < 1.29 is 22.3 Å². The predicted octanol–water partition coefficient (Wildman–Crippen LogP) is 6.04. The Balaban J connectivity index is 1.54. The van der Waals surface area contributed by atoms with Crippen LogP contribution in [0.1, 0.15) is 11.3 Å². The fraction of sp³-hybridized carbons (Fsp3) is 0.160. The summed E-state index contributed by atoms with van der Waals surface area (Å²) >= 11 is 0. The number of alkyl halides is 3. The van der Waals surface area contributed by atoms with Crippen molar-refractivity contribution in [3.8, 4) is 23.0 Å². The number of hydrogen-bond acceptors (Lipinski definition) is 5. The second-order valence-electron chi connectivity index (χ2n) is 8.13. The Morgan fingerprint density at radius 3 is 2.53 bits per heavy atom. The number of anilines is 2. The zero-order valence-electron chi connectivity index (χ0n) is 19.4. The zero-order valence-corrected chi connectivity index (χ0v) is 19.4. The van der Waals surface area contributed by atoms with Gasteiger partial charge in [0.15, 0.2) is 0 Å². The lowest BCUT2D eigenvalue weighted by molar-refractivity contribution is -0.139. The number of nitrogens with one attached hydrogen (secondary N) is 1. The van der Waals surface area contributed by atoms with E-state index >= 15 is 0 Å². The van der Waals surface area contributed by atoms with E-state index in [4.69, 9.17) is 4.74 Å². The fourth-order valence-electron chi connectivity index (χ4n) is 4.00. The first-order valence-corrected chi connectivity index (χ1v) is 10.8. The number of nitrogens with zero attached hydrogens (tertiary/aromatic N) is 5. The molecule has 11 heteroatoms. The minimum absolute atomic E-state index is 0.146. The van der Waals surface area contributed by atoms with Crippen LogP contribution >= 0.6 is 0 Å². The van der Waals surface area contributed by atoms with Crippen molar-refractivity contribution >= 4 is 22.5 Å². The zero-order chi connectivity index (χ0) is 25.6. The van der Waals surface area contributed by atoms with Gasteiger partial charge in [-0.25, -0.2) is 14.4 Å². The van der Waals surface area contributed by atoms with Gasteiger partial charge in [0.2, 0.25) is 5.88 Å². The van der Waals surface area contributed by atoms with Crippen molar-refractivity contribution in [2.24, 2.45) is 7.05 Å². The first-order valence-electron chi connectivity index (χ1n) is 10.8. The van der Waals surface area contributed by atoms with Crippen LogP contribution in [0.15, 0.2) is 61.1 Å². The number of imidazole rings is 2. The van der Waals surface area contributed by atoms with E-state index in [2.05, 4.69) is 20.3 Å². The molecule has 5 rings (SSSR count). The van der Waals surface area contributed by atoms with Crippen LogP contribution in [0.4, 0.5) is 29.1 Å². The number of para-hydroxylation sites is 1. The van der Waals surface area contributed by atoms with Crippen LogP contribution in [0, 0.1) is 12.7 Å². The summed E-state index contributed by atoms with van der Waals surface area (Å²) in [6.07, 6.45) is -1.30. The number of benzene rings is 2. The van der Waals surface area contributed by atoms with E-state index in [1.54, 1.807) is 46.8 Å². The highest BCUT2D eigenvalue weighted by Gasteiger charge is 2.34. The lowest BCUT2D eigenvalue weighted by Crippen LogP contribution is -2.08. The topological polar surface area (TPSA) is 69.8 Å². The predicted molar refractivity (Wildman–Crippen MR) is 127 cm³/mol. The minimum atomic E-state index is -4.82. The van der Waals surface area contributed by atoms with Gasteiger partial charge in [0.1, 0.15) is 28.7 Å². The van der Waals surface area contributed by atoms with Gasteiger partial charge in [0.25, 0.3) is 0 Å². The minimum Gasteiger partial charge on any atom is -0.479 e. The van der Waals surface area contributed by atoms with E-state index in [0.29, 0.717) is 34.1 Å². The van der Waals surface area contributed by atoms with Gasteiger partial charge < -0.3 is 19.2 Å². The second kappa shape index (κ2) is 8.67. The maximum absolute atomic E-state index is 13.8. The van der Waals surface area contributed by atoms with E-state index in [9.17, 15) is 17.6 Å². The van der Waals surface area contributed by atoms with Crippen molar-refractivity contribution in [2.75, 3.05) is 12.4 Å². The summed E-state index contributed by atoms with van der Waals surface area (Å²) in [7, 11) is 3.21. The van der Waals surface area contributed by atoms with Crippen LogP contribution < -0.4 is 10.1 Å². The van der Waals surface area contributed by atoms with E-state index < -0.39 is 17.6 Å². The third-order valence-electron chi connectivity index (χ3n) is 5.73. The molecule has 0 saturated carbocycles. The Hall–Kier alpha value is -4.41. The molecule has 36 heavy (non-hydrogen) atoms. The molecule has 0 aliphatic rings. The third-order valence-corrected chi connectivity index (χ3v) is 5.73. The molecule has 3 aromatic heterocycles. The van der Waals surface area contributed by atoms with Crippen molar-refractivity contribution in [1.29, 1.82) is 0 Å². The summed E-state index contributed by atoms with van der Waals surface area (Å²) in [6.45, 7) is 1.88. The molecule has 0 aliphatic heterocycles. The average molecular weight is 496 g/mol. The van der Waals surface area contributed by atoms with Gasteiger partial charge >= 0.3 is 6.18 Å². The highest BCUT2D eigenvalue weighted by molar-refractivity contribution is 5.92. The number of aryl methyl sites for hydroxylation is 2. The first-order chi connectivity index (χ1) is 17.2. The molecule has 0 radical (unpaired) electrons. The van der Waals surface area contributed by atoms with Gasteiger partial charge in [-0.1, -0.05) is 6.07 Å². The Morgan fingerprint density at radius 1 is 1.03 bits per heavy atom. The number of fused-ring (bicyclic) bond motifs is 1. The molecule has 0 atom stereocenters. The van der Waals surface area contributed by atoms with Gasteiger partial charge in [-0.15, -0.1) is 0 Å². The Bertz CT molecular complexity index is 1590. The molecular formula is C25H20F4N6O. The number of methoxy groups -OCH3 is 1. The number of pyridine rings is 1. The van der Waals surface area contributed by atoms with Gasteiger partial charge in [-0.3, -0.25) is 0 Å². The molecule has 0 bridgehead atoms. The molecule has 1 N–H and O–H groups in total. The van der Waals surface area contributed by atoms with Crippen LogP contribution in [-0.4, -0.2) is 31.2 Å². The van der Waals surface area contributed by atoms with Gasteiger partial charge in [0, 0.05) is 18.8 Å². The highest BCUT2D eigenvalue weighted by Crippen LogP contribution is 2.36. The van der Waals surface area contributed by atoms with E-state index in [0.717, 1.165) is 17.8 Å². The summed E-state index contributed by atoms with van der Waals surface area (Å²) in [6, 6.07) is 11.8. The maximum Gasteiger partial charge on any atom is 0.419 e. The Labute approximate surface area is 203 Å². The number of aromatic nitrogens is 5. The normalized spacial score (nSPS) is 11.8. The second-order valence-corrected chi connectivity index (χ2v) is 8.13. The van der Waals surface area contributed by atoms with Crippen LogP contribution in [-0.2, 0) is 13.2 Å². The van der Waals surface area contributed by atoms with Crippen LogP contribution in [0.3, 0.4) is 0 Å². The average Bonchev–Trinajstić information content (AvgIpc) is 3.42. The number of hydrogen-bond donors (Lipinski definition) is 1. The van der Waals surface area contributed by atoms with Crippen molar-refractivity contribution in [3.05, 3.63) is 78.1 Å². The molecule has 2 aromatic carbocycles. The molecule has 0 spiro atoms. The summed E-state index contributed by atoms with van der Waals surface area (Å²) in [5.41, 5.74) is 2.14. The van der Waals surface area contributed by atoms with E-state index in [-0.39, 0.29) is 11.4 Å². The molecule has 184 valence electrons. The fourth-order valence-corrected chi connectivity index (χ4v) is 4.00. The van der Waals surface area contributed by atoms with Gasteiger partial charge in [0.05, 0.1) is 35.9 Å². The molecule has 0 saturated heterocycles. The van der Waals surface area contributed by atoms with Crippen molar-refractivity contribution in [3.63, 3.8) is 0 Å². The maximum atomic E-state index is 13.8. The van der Waals surface area contributed by atoms with Crippen molar-refractivity contribution in [2.45, 2.75) is 13.1 Å². The quantitative estimate of drug-likeness (QED) is 0.301. The molecular weight excluding hydrogens is 476 g/mol. The lowest BCUT2D eigenvalue weighted by Gasteiger charge is -2.11. The van der Waals surface area contributed by atoms with Crippen molar-refractivity contribution in [1.82, 2.24) is 24.1 Å². The number of ether oxygens (including phenoxy) is 1. The smallest absolute Gasteiger partial charge is 0.419 e. The van der Waals surface area contributed by atoms with E-state index in [1.165, 1.54) is 13.2 Å². The molecule has 0 aliphatic carbocycles. The number of halogens is 4. The highest BCUT2D eigenvalue weighted by atomic mass is 19.4. The molecule has 0 amide bonds. The summed E-state index contributed by atoms with van der Waals surface area (Å²) in [5, 5.41) is 3.21. The summed E-state index contributed by atoms with van der Waals surface area (Å²) < 4.78 is 62.5. The SMILES string of the molecule is COc1nc(Nc2cccc3c2nc(-c2ccc(F)c(C(F)(F)F)c2)n3C)ccc1-n1cnc(C)c1. The Kier molecular flexibility index (Phi) is 5.62. The molecule has 5 aromatic rings. The van der Waals surface area contributed by atoms with Crippen LogP contribution in [0.25, 0.3) is 28.1 Å². The summed E-state index contributed by atoms with van der Waals surface area (Å²) in [4.78, 5) is 13.3. The van der Waals surface area contributed by atoms with Crippen LogP contribution in [0.5, 0.6) is 5.88 Å². The first kappa shape index (κ1) is 23.3. The summed E-state index contributed by atoms with van der Waals surface area (Å²) in [5.74, 6) is -0.214. The monoisotopic (exact) mass is 496 g/mol. The molecule has 0 fully saturated rings. The van der Waals surface area contributed by atoms with Crippen LogP contribution in [0.2, 0.25) is 0 Å². The number of rotatable bonds is 5. The largest absolute Gasteiger partial charge is 0.479 e. The lowest BCUT2D eigenvalue weighted by atomic mass is 10.1. The molecule has 3 heterocycles. The van der Waals surface area contributed by atoms with Gasteiger partial charge in [-0.2, -0.15) is 18.2 Å². The third kappa shape index (κ3) is 4.12. The molecule has 7 nitrogen and oxygen atoms in total. The Morgan fingerprint density at radius 2 is 1.83 bits per heavy atom.